The molecule has 2 N–H and O–H groups in total. The number of guanidine groups is 1. The summed E-state index contributed by atoms with van der Waals surface area (Å²) >= 11 is 0. The van der Waals surface area contributed by atoms with Gasteiger partial charge in [-0.15, -0.1) is 30.6 Å². The predicted molar refractivity (Wildman–Crippen MR) is 107 cm³/mol. The lowest BCUT2D eigenvalue weighted by atomic mass is 10.3. The third-order valence-corrected chi connectivity index (χ3v) is 3.41. The minimum absolute atomic E-state index is 0. The van der Waals surface area contributed by atoms with Gasteiger partial charge in [-0.2, -0.15) is 0 Å². The Bertz CT molecular complexity index is 310. The van der Waals surface area contributed by atoms with Crippen molar-refractivity contribution in [1.29, 1.82) is 0 Å². The first-order valence-electron chi connectivity index (χ1n) is 8.37. The largest absolute Gasteiger partial charge is 0.382 e. The van der Waals surface area contributed by atoms with Crippen molar-refractivity contribution in [3.05, 3.63) is 12.7 Å². The summed E-state index contributed by atoms with van der Waals surface area (Å²) in [6.45, 7) is 14.5. The molecule has 0 aliphatic carbocycles. The van der Waals surface area contributed by atoms with Crippen LogP contribution in [0.1, 0.15) is 19.8 Å². The van der Waals surface area contributed by atoms with Crippen molar-refractivity contribution in [2.75, 3.05) is 65.7 Å². The van der Waals surface area contributed by atoms with E-state index in [2.05, 4.69) is 27.1 Å². The summed E-state index contributed by atoms with van der Waals surface area (Å²) < 4.78 is 10.7. The van der Waals surface area contributed by atoms with Gasteiger partial charge in [0.1, 0.15) is 0 Å². The SMILES string of the molecule is C=CCNC(=NCCCCOCC)NCCN1CCOCC1.I. The van der Waals surface area contributed by atoms with E-state index < -0.39 is 0 Å². The quantitative estimate of drug-likeness (QED) is 0.168. The van der Waals surface area contributed by atoms with Gasteiger partial charge in [0.05, 0.1) is 13.2 Å². The molecule has 1 saturated heterocycles. The fourth-order valence-electron chi connectivity index (χ4n) is 2.15. The molecule has 1 fully saturated rings. The maximum absolute atomic E-state index is 5.35. The van der Waals surface area contributed by atoms with Crippen LogP contribution in [0.2, 0.25) is 0 Å². The zero-order valence-corrected chi connectivity index (χ0v) is 16.7. The molecule has 1 rings (SSSR count). The van der Waals surface area contributed by atoms with E-state index in [9.17, 15) is 0 Å². The molecule has 1 aliphatic rings. The summed E-state index contributed by atoms with van der Waals surface area (Å²) in [7, 11) is 0. The fraction of sp³-hybridized carbons (Fsp3) is 0.812. The Hall–Kier alpha value is -0.380. The number of unbranched alkanes of at least 4 members (excludes halogenated alkanes) is 1. The third kappa shape index (κ3) is 12.7. The summed E-state index contributed by atoms with van der Waals surface area (Å²) in [5.74, 6) is 0.865. The van der Waals surface area contributed by atoms with Crippen LogP contribution in [0.5, 0.6) is 0 Å². The average molecular weight is 440 g/mol. The van der Waals surface area contributed by atoms with E-state index in [1.165, 1.54) is 0 Å². The van der Waals surface area contributed by atoms with E-state index in [4.69, 9.17) is 9.47 Å². The van der Waals surface area contributed by atoms with Crippen molar-refractivity contribution in [1.82, 2.24) is 15.5 Å². The van der Waals surface area contributed by atoms with Gasteiger partial charge in [-0.25, -0.2) is 0 Å². The molecule has 0 saturated carbocycles. The maximum Gasteiger partial charge on any atom is 0.191 e. The Morgan fingerprint density at radius 2 is 2.09 bits per heavy atom. The van der Waals surface area contributed by atoms with Gasteiger partial charge in [-0.05, 0) is 19.8 Å². The highest BCUT2D eigenvalue weighted by molar-refractivity contribution is 14.0. The molecular formula is C16H33IN4O2. The van der Waals surface area contributed by atoms with Crippen molar-refractivity contribution in [2.45, 2.75) is 19.8 Å². The smallest absolute Gasteiger partial charge is 0.191 e. The molecular weight excluding hydrogens is 407 g/mol. The van der Waals surface area contributed by atoms with E-state index in [0.717, 1.165) is 84.5 Å². The Kier molecular flexibility index (Phi) is 16.2. The first-order chi connectivity index (χ1) is 10.9. The third-order valence-electron chi connectivity index (χ3n) is 3.41. The molecule has 0 amide bonds. The lowest BCUT2D eigenvalue weighted by molar-refractivity contribution is 0.0389. The van der Waals surface area contributed by atoms with Crippen molar-refractivity contribution >= 4 is 29.9 Å². The van der Waals surface area contributed by atoms with Crippen LogP contribution in [0, 0.1) is 0 Å². The van der Waals surface area contributed by atoms with E-state index in [0.29, 0.717) is 0 Å². The molecule has 7 heteroatoms. The molecule has 0 radical (unpaired) electrons. The average Bonchev–Trinajstić information content (AvgIpc) is 2.56. The summed E-state index contributed by atoms with van der Waals surface area (Å²) in [6.07, 6.45) is 3.94. The van der Waals surface area contributed by atoms with Gasteiger partial charge >= 0.3 is 0 Å². The molecule has 136 valence electrons. The number of nitrogens with one attached hydrogen (secondary N) is 2. The van der Waals surface area contributed by atoms with Crippen LogP contribution in [0.4, 0.5) is 0 Å². The highest BCUT2D eigenvalue weighted by Gasteiger charge is 2.09. The van der Waals surface area contributed by atoms with Gasteiger partial charge in [0.15, 0.2) is 5.96 Å². The monoisotopic (exact) mass is 440 g/mol. The number of morpholine rings is 1. The van der Waals surface area contributed by atoms with Crippen LogP contribution in [-0.4, -0.2) is 76.6 Å². The molecule has 0 atom stereocenters. The Balaban J connectivity index is 0.00000484. The zero-order chi connectivity index (χ0) is 15.9. The Labute approximate surface area is 158 Å². The van der Waals surface area contributed by atoms with E-state index >= 15 is 0 Å². The second-order valence-corrected chi connectivity index (χ2v) is 5.18. The number of rotatable bonds is 11. The Morgan fingerprint density at radius 1 is 1.30 bits per heavy atom. The summed E-state index contributed by atoms with van der Waals surface area (Å²) in [5.41, 5.74) is 0. The molecule has 0 aromatic rings. The summed E-state index contributed by atoms with van der Waals surface area (Å²) in [5, 5.41) is 6.64. The molecule has 0 spiro atoms. The number of hydrogen-bond donors (Lipinski definition) is 2. The standard InChI is InChI=1S/C16H32N4O2.HI/c1-3-7-17-16(18-8-5-6-13-21-4-2)19-9-10-20-11-14-22-15-12-20;/h3H,1,4-15H2,2H3,(H2,17,18,19);1H. The van der Waals surface area contributed by atoms with Crippen molar-refractivity contribution in [2.24, 2.45) is 4.99 Å². The van der Waals surface area contributed by atoms with Crippen LogP contribution < -0.4 is 10.6 Å². The number of hydrogen-bond acceptors (Lipinski definition) is 4. The van der Waals surface area contributed by atoms with Gasteiger partial charge in [-0.1, -0.05) is 6.08 Å². The highest BCUT2D eigenvalue weighted by Crippen LogP contribution is 1.95. The molecule has 6 nitrogen and oxygen atoms in total. The van der Waals surface area contributed by atoms with Gasteiger partial charge in [-0.3, -0.25) is 9.89 Å². The van der Waals surface area contributed by atoms with Crippen molar-refractivity contribution in [3.63, 3.8) is 0 Å². The topological polar surface area (TPSA) is 58.1 Å². The first kappa shape index (κ1) is 22.6. The summed E-state index contributed by atoms with van der Waals surface area (Å²) in [6, 6.07) is 0. The maximum atomic E-state index is 5.35. The minimum atomic E-state index is 0. The number of ether oxygens (including phenoxy) is 2. The second kappa shape index (κ2) is 16.5. The van der Waals surface area contributed by atoms with Crippen molar-refractivity contribution < 1.29 is 9.47 Å². The molecule has 23 heavy (non-hydrogen) atoms. The Morgan fingerprint density at radius 3 is 2.78 bits per heavy atom. The second-order valence-electron chi connectivity index (χ2n) is 5.18. The first-order valence-corrected chi connectivity index (χ1v) is 8.37. The van der Waals surface area contributed by atoms with Crippen LogP contribution in [0.3, 0.4) is 0 Å². The van der Waals surface area contributed by atoms with Crippen molar-refractivity contribution in [3.8, 4) is 0 Å². The molecule has 0 bridgehead atoms. The number of aliphatic imine (C=N–C) groups is 1. The minimum Gasteiger partial charge on any atom is -0.382 e. The normalized spacial score (nSPS) is 15.8. The summed E-state index contributed by atoms with van der Waals surface area (Å²) in [4.78, 5) is 7.00. The van der Waals surface area contributed by atoms with E-state index in [1.807, 2.05) is 13.0 Å². The van der Waals surface area contributed by atoms with Crippen LogP contribution in [-0.2, 0) is 9.47 Å². The predicted octanol–water partition coefficient (Wildman–Crippen LogP) is 1.47. The van der Waals surface area contributed by atoms with E-state index in [1.54, 1.807) is 0 Å². The molecule has 0 unspecified atom stereocenters. The number of halogens is 1. The molecule has 1 heterocycles. The highest BCUT2D eigenvalue weighted by atomic mass is 127. The van der Waals surface area contributed by atoms with Crippen LogP contribution in [0.25, 0.3) is 0 Å². The lowest BCUT2D eigenvalue weighted by Crippen LogP contribution is -2.44. The fourth-order valence-corrected chi connectivity index (χ4v) is 2.15. The zero-order valence-electron chi connectivity index (χ0n) is 14.4. The van der Waals surface area contributed by atoms with Crippen LogP contribution in [0.15, 0.2) is 17.6 Å². The number of nitrogens with zero attached hydrogens (tertiary/aromatic N) is 2. The molecule has 0 aromatic heterocycles. The van der Waals surface area contributed by atoms with Crippen LogP contribution >= 0.6 is 24.0 Å². The lowest BCUT2D eigenvalue weighted by Gasteiger charge is -2.26. The molecule has 0 aromatic carbocycles. The van der Waals surface area contributed by atoms with Gasteiger partial charge in [0.25, 0.3) is 0 Å². The van der Waals surface area contributed by atoms with Gasteiger partial charge < -0.3 is 20.1 Å². The van der Waals surface area contributed by atoms with Gasteiger partial charge in [0, 0.05) is 52.5 Å². The van der Waals surface area contributed by atoms with E-state index in [-0.39, 0.29) is 24.0 Å². The van der Waals surface area contributed by atoms with Gasteiger partial charge in [0.2, 0.25) is 0 Å². The molecule has 1 aliphatic heterocycles.